The second kappa shape index (κ2) is 12.9. The van der Waals surface area contributed by atoms with Gasteiger partial charge in [-0.2, -0.15) is 0 Å². The lowest BCUT2D eigenvalue weighted by Crippen LogP contribution is -2.35. The molecule has 0 aliphatic heterocycles. The third kappa shape index (κ3) is 10.8. The molecule has 0 radical (unpaired) electrons. The SMILES string of the molecule is CCCCN(CCNCCC(=O)OC)CCC(=O)OC. The van der Waals surface area contributed by atoms with Crippen molar-refractivity contribution in [3.05, 3.63) is 0 Å². The van der Waals surface area contributed by atoms with Crippen molar-refractivity contribution >= 4 is 11.9 Å². The minimum absolute atomic E-state index is 0.176. The summed E-state index contributed by atoms with van der Waals surface area (Å²) < 4.78 is 9.22. The lowest BCUT2D eigenvalue weighted by Gasteiger charge is -2.21. The molecule has 0 aromatic heterocycles. The molecule has 6 nitrogen and oxygen atoms in total. The smallest absolute Gasteiger partial charge is 0.306 e. The third-order valence-electron chi connectivity index (χ3n) is 3.03. The fourth-order valence-electron chi connectivity index (χ4n) is 1.72. The molecule has 0 saturated carbocycles. The standard InChI is InChI=1S/C14H28N2O4/c1-4-5-10-16(11-7-14(18)20-3)12-9-15-8-6-13(17)19-2/h15H,4-12H2,1-3H3. The van der Waals surface area contributed by atoms with Crippen LogP contribution in [0.15, 0.2) is 0 Å². The summed E-state index contributed by atoms with van der Waals surface area (Å²) in [7, 11) is 2.80. The highest BCUT2D eigenvalue weighted by Crippen LogP contribution is 1.97. The van der Waals surface area contributed by atoms with Crippen LogP contribution in [0.1, 0.15) is 32.6 Å². The normalized spacial score (nSPS) is 10.6. The Morgan fingerprint density at radius 1 is 0.950 bits per heavy atom. The van der Waals surface area contributed by atoms with E-state index in [2.05, 4.69) is 26.6 Å². The molecule has 0 fully saturated rings. The number of carbonyl (C=O) groups is 2. The predicted molar refractivity (Wildman–Crippen MR) is 77.5 cm³/mol. The van der Waals surface area contributed by atoms with E-state index in [0.717, 1.165) is 32.5 Å². The maximum absolute atomic E-state index is 11.2. The second-order valence-electron chi connectivity index (χ2n) is 4.60. The second-order valence-corrected chi connectivity index (χ2v) is 4.60. The molecule has 0 saturated heterocycles. The van der Waals surface area contributed by atoms with Gasteiger partial charge in [0.2, 0.25) is 0 Å². The van der Waals surface area contributed by atoms with E-state index in [1.165, 1.54) is 14.2 Å². The number of carbonyl (C=O) groups excluding carboxylic acids is 2. The number of ether oxygens (including phenoxy) is 2. The number of unbranched alkanes of at least 4 members (excludes halogenated alkanes) is 1. The molecule has 0 atom stereocenters. The molecular formula is C14H28N2O4. The average molecular weight is 288 g/mol. The molecule has 0 heterocycles. The van der Waals surface area contributed by atoms with Crippen LogP contribution in [0.4, 0.5) is 0 Å². The Hall–Kier alpha value is -1.14. The summed E-state index contributed by atoms with van der Waals surface area (Å²) in [6.45, 7) is 6.11. The van der Waals surface area contributed by atoms with E-state index in [9.17, 15) is 9.59 Å². The van der Waals surface area contributed by atoms with Crippen molar-refractivity contribution in [2.45, 2.75) is 32.6 Å². The van der Waals surface area contributed by atoms with Crippen molar-refractivity contribution in [3.8, 4) is 0 Å². The van der Waals surface area contributed by atoms with Crippen LogP contribution >= 0.6 is 0 Å². The van der Waals surface area contributed by atoms with Gasteiger partial charge < -0.3 is 19.7 Å². The van der Waals surface area contributed by atoms with E-state index in [-0.39, 0.29) is 11.9 Å². The molecule has 6 heteroatoms. The lowest BCUT2D eigenvalue weighted by molar-refractivity contribution is -0.141. The van der Waals surface area contributed by atoms with E-state index in [1.54, 1.807) is 0 Å². The van der Waals surface area contributed by atoms with E-state index in [1.807, 2.05) is 0 Å². The Balaban J connectivity index is 3.79. The van der Waals surface area contributed by atoms with Gasteiger partial charge in [0.25, 0.3) is 0 Å². The summed E-state index contributed by atoms with van der Waals surface area (Å²) in [5, 5.41) is 3.20. The van der Waals surface area contributed by atoms with Gasteiger partial charge in [-0.25, -0.2) is 0 Å². The Kier molecular flexibility index (Phi) is 12.1. The highest BCUT2D eigenvalue weighted by molar-refractivity contribution is 5.69. The zero-order chi connectivity index (χ0) is 15.2. The average Bonchev–Trinajstić information content (AvgIpc) is 2.47. The van der Waals surface area contributed by atoms with Gasteiger partial charge >= 0.3 is 11.9 Å². The van der Waals surface area contributed by atoms with Crippen LogP contribution in [0.3, 0.4) is 0 Å². The largest absolute Gasteiger partial charge is 0.469 e. The number of esters is 2. The lowest BCUT2D eigenvalue weighted by atomic mass is 10.3. The van der Waals surface area contributed by atoms with Gasteiger partial charge in [-0.15, -0.1) is 0 Å². The highest BCUT2D eigenvalue weighted by atomic mass is 16.5. The van der Waals surface area contributed by atoms with Gasteiger partial charge in [0.15, 0.2) is 0 Å². The summed E-state index contributed by atoms with van der Waals surface area (Å²) in [6.07, 6.45) is 3.05. The fraction of sp³-hybridized carbons (Fsp3) is 0.857. The molecule has 0 amide bonds. The number of nitrogens with one attached hydrogen (secondary N) is 1. The molecule has 0 bridgehead atoms. The Morgan fingerprint density at radius 2 is 1.60 bits per heavy atom. The van der Waals surface area contributed by atoms with E-state index >= 15 is 0 Å². The van der Waals surface area contributed by atoms with Gasteiger partial charge in [0.1, 0.15) is 0 Å². The van der Waals surface area contributed by atoms with Crippen LogP contribution in [-0.2, 0) is 19.1 Å². The molecule has 0 unspecified atom stereocenters. The molecule has 0 aromatic carbocycles. The molecule has 20 heavy (non-hydrogen) atoms. The summed E-state index contributed by atoms with van der Waals surface area (Å²) in [6, 6.07) is 0. The summed E-state index contributed by atoms with van der Waals surface area (Å²) in [5.74, 6) is -0.379. The first-order chi connectivity index (χ1) is 9.63. The van der Waals surface area contributed by atoms with Gasteiger partial charge in [-0.1, -0.05) is 13.3 Å². The number of rotatable bonds is 12. The quantitative estimate of drug-likeness (QED) is 0.423. The maximum Gasteiger partial charge on any atom is 0.306 e. The van der Waals surface area contributed by atoms with Crippen molar-refractivity contribution in [3.63, 3.8) is 0 Å². The Morgan fingerprint density at radius 3 is 2.20 bits per heavy atom. The Bertz CT molecular complexity index is 272. The van der Waals surface area contributed by atoms with Crippen LogP contribution in [0.25, 0.3) is 0 Å². The zero-order valence-electron chi connectivity index (χ0n) is 12.9. The molecule has 1 N–H and O–H groups in total. The highest BCUT2D eigenvalue weighted by Gasteiger charge is 2.08. The van der Waals surface area contributed by atoms with Crippen LogP contribution < -0.4 is 5.32 Å². The van der Waals surface area contributed by atoms with Crippen molar-refractivity contribution in [2.24, 2.45) is 0 Å². The van der Waals surface area contributed by atoms with Crippen LogP contribution in [0, 0.1) is 0 Å². The molecule has 0 aliphatic rings. The third-order valence-corrected chi connectivity index (χ3v) is 3.03. The van der Waals surface area contributed by atoms with Gasteiger partial charge in [-0.3, -0.25) is 9.59 Å². The minimum atomic E-state index is -0.203. The monoisotopic (exact) mass is 288 g/mol. The van der Waals surface area contributed by atoms with Crippen molar-refractivity contribution in [1.82, 2.24) is 10.2 Å². The van der Waals surface area contributed by atoms with Gasteiger partial charge in [-0.05, 0) is 13.0 Å². The van der Waals surface area contributed by atoms with E-state index < -0.39 is 0 Å². The van der Waals surface area contributed by atoms with Crippen molar-refractivity contribution in [1.29, 1.82) is 0 Å². The molecule has 0 aromatic rings. The molecule has 0 aliphatic carbocycles. The fourth-order valence-corrected chi connectivity index (χ4v) is 1.72. The van der Waals surface area contributed by atoms with Crippen LogP contribution in [-0.4, -0.2) is 63.8 Å². The summed E-state index contributed by atoms with van der Waals surface area (Å²) in [5.41, 5.74) is 0. The van der Waals surface area contributed by atoms with E-state index in [4.69, 9.17) is 0 Å². The topological polar surface area (TPSA) is 67.9 Å². The van der Waals surface area contributed by atoms with E-state index in [0.29, 0.717) is 25.9 Å². The van der Waals surface area contributed by atoms with Gasteiger partial charge in [0, 0.05) is 26.2 Å². The molecule has 0 spiro atoms. The predicted octanol–water partition coefficient (Wildman–Crippen LogP) is 0.804. The molecular weight excluding hydrogens is 260 g/mol. The first kappa shape index (κ1) is 18.9. The molecule has 118 valence electrons. The maximum atomic E-state index is 11.2. The number of nitrogens with zero attached hydrogens (tertiary/aromatic N) is 1. The zero-order valence-corrected chi connectivity index (χ0v) is 12.9. The first-order valence-electron chi connectivity index (χ1n) is 7.20. The van der Waals surface area contributed by atoms with Crippen molar-refractivity contribution in [2.75, 3.05) is 46.9 Å². The Labute approximate surface area is 121 Å². The van der Waals surface area contributed by atoms with Crippen molar-refractivity contribution < 1.29 is 19.1 Å². The summed E-state index contributed by atoms with van der Waals surface area (Å²) in [4.78, 5) is 24.3. The number of hydrogen-bond donors (Lipinski definition) is 1. The van der Waals surface area contributed by atoms with Crippen LogP contribution in [0.5, 0.6) is 0 Å². The summed E-state index contributed by atoms with van der Waals surface area (Å²) >= 11 is 0. The van der Waals surface area contributed by atoms with Crippen LogP contribution in [0.2, 0.25) is 0 Å². The van der Waals surface area contributed by atoms with Gasteiger partial charge in [0.05, 0.1) is 27.1 Å². The first-order valence-corrected chi connectivity index (χ1v) is 7.20. The molecule has 0 rings (SSSR count). The number of methoxy groups -OCH3 is 2. The minimum Gasteiger partial charge on any atom is -0.469 e. The number of hydrogen-bond acceptors (Lipinski definition) is 6.